The summed E-state index contributed by atoms with van der Waals surface area (Å²) in [6, 6.07) is 4.37. The third-order valence-corrected chi connectivity index (χ3v) is 5.10. The highest BCUT2D eigenvalue weighted by atomic mass is 32.2. The van der Waals surface area contributed by atoms with Crippen molar-refractivity contribution in [1.29, 1.82) is 0 Å². The van der Waals surface area contributed by atoms with Crippen molar-refractivity contribution in [2.45, 2.75) is 44.0 Å². The van der Waals surface area contributed by atoms with Crippen molar-refractivity contribution in [2.75, 3.05) is 13.7 Å². The molecule has 0 aliphatic rings. The van der Waals surface area contributed by atoms with Gasteiger partial charge in [0.15, 0.2) is 6.61 Å². The maximum atomic E-state index is 12.4. The zero-order valence-corrected chi connectivity index (χ0v) is 16.8. The van der Waals surface area contributed by atoms with Gasteiger partial charge in [0.05, 0.1) is 4.90 Å². The number of benzene rings is 1. The molecule has 3 amide bonds. The van der Waals surface area contributed by atoms with Crippen LogP contribution in [-0.2, 0) is 29.8 Å². The fourth-order valence-corrected chi connectivity index (χ4v) is 3.16. The quantitative estimate of drug-likeness (QED) is 0.602. The maximum absolute atomic E-state index is 12.4. The van der Waals surface area contributed by atoms with Crippen LogP contribution in [0.1, 0.15) is 33.3 Å². The third kappa shape index (κ3) is 6.99. The summed E-state index contributed by atoms with van der Waals surface area (Å²) >= 11 is 0. The predicted molar refractivity (Wildman–Crippen MR) is 98.5 cm³/mol. The van der Waals surface area contributed by atoms with Gasteiger partial charge in [-0.3, -0.25) is 14.9 Å². The summed E-state index contributed by atoms with van der Waals surface area (Å²) in [5.41, 5.74) is 0.846. The van der Waals surface area contributed by atoms with E-state index in [4.69, 9.17) is 4.74 Å². The van der Waals surface area contributed by atoms with Crippen molar-refractivity contribution in [3.05, 3.63) is 29.8 Å². The van der Waals surface area contributed by atoms with Crippen molar-refractivity contribution < 1.29 is 27.5 Å². The molecule has 10 heteroatoms. The zero-order chi connectivity index (χ0) is 20.8. The number of esters is 1. The number of amides is 3. The minimum Gasteiger partial charge on any atom is -0.454 e. The maximum Gasteiger partial charge on any atom is 0.324 e. The van der Waals surface area contributed by atoms with Gasteiger partial charge in [0.25, 0.3) is 5.91 Å². The van der Waals surface area contributed by atoms with E-state index in [1.165, 1.54) is 26.1 Å². The van der Waals surface area contributed by atoms with Gasteiger partial charge in [0.1, 0.15) is 6.04 Å². The number of sulfonamides is 1. The summed E-state index contributed by atoms with van der Waals surface area (Å²) in [6.45, 7) is 6.60. The van der Waals surface area contributed by atoms with Crippen LogP contribution in [0, 0.1) is 0 Å². The van der Waals surface area contributed by atoms with Gasteiger partial charge in [-0.2, -0.15) is 4.72 Å². The van der Waals surface area contributed by atoms with Crippen LogP contribution in [0.3, 0.4) is 0 Å². The van der Waals surface area contributed by atoms with E-state index in [1.54, 1.807) is 12.1 Å². The van der Waals surface area contributed by atoms with Crippen LogP contribution in [0.4, 0.5) is 4.79 Å². The number of imide groups is 1. The van der Waals surface area contributed by atoms with E-state index < -0.39 is 40.6 Å². The number of urea groups is 1. The normalized spacial score (nSPS) is 12.8. The van der Waals surface area contributed by atoms with E-state index in [0.717, 1.165) is 5.56 Å². The average molecular weight is 399 g/mol. The van der Waals surface area contributed by atoms with Crippen molar-refractivity contribution in [1.82, 2.24) is 15.4 Å². The highest BCUT2D eigenvalue weighted by molar-refractivity contribution is 7.89. The fourth-order valence-electron chi connectivity index (χ4n) is 1.97. The van der Waals surface area contributed by atoms with Crippen LogP contribution in [0.25, 0.3) is 0 Å². The second kappa shape index (κ2) is 8.96. The SMILES string of the molecule is CNC(=O)NC(=O)COC(=O)[C@H](C)NS(=O)(=O)c1ccc(C(C)(C)C)cc1. The zero-order valence-electron chi connectivity index (χ0n) is 16.0. The van der Waals surface area contributed by atoms with E-state index in [-0.39, 0.29) is 10.3 Å². The van der Waals surface area contributed by atoms with Crippen molar-refractivity contribution in [2.24, 2.45) is 0 Å². The molecule has 27 heavy (non-hydrogen) atoms. The molecule has 0 aromatic heterocycles. The average Bonchev–Trinajstić information content (AvgIpc) is 2.58. The van der Waals surface area contributed by atoms with Crippen molar-refractivity contribution in [3.63, 3.8) is 0 Å². The fraction of sp³-hybridized carbons (Fsp3) is 0.471. The van der Waals surface area contributed by atoms with Gasteiger partial charge in [-0.25, -0.2) is 13.2 Å². The van der Waals surface area contributed by atoms with Gasteiger partial charge in [-0.1, -0.05) is 32.9 Å². The minimum atomic E-state index is -3.94. The Morgan fingerprint density at radius 3 is 2.15 bits per heavy atom. The summed E-state index contributed by atoms with van der Waals surface area (Å²) in [4.78, 5) is 34.2. The molecule has 1 aromatic carbocycles. The number of ether oxygens (including phenoxy) is 1. The Morgan fingerprint density at radius 2 is 1.67 bits per heavy atom. The number of carbonyl (C=O) groups is 3. The molecule has 0 fully saturated rings. The lowest BCUT2D eigenvalue weighted by molar-refractivity contribution is -0.149. The molecule has 0 bridgehead atoms. The van der Waals surface area contributed by atoms with Gasteiger partial charge in [0, 0.05) is 7.05 Å². The predicted octanol–water partition coefficient (Wildman–Crippen LogP) is 0.650. The molecule has 0 unspecified atom stereocenters. The lowest BCUT2D eigenvalue weighted by Crippen LogP contribution is -2.43. The Labute approximate surface area is 158 Å². The van der Waals surface area contributed by atoms with Crippen molar-refractivity contribution in [3.8, 4) is 0 Å². The summed E-state index contributed by atoms with van der Waals surface area (Å²) < 4.78 is 31.7. The van der Waals surface area contributed by atoms with Gasteiger partial charge in [0.2, 0.25) is 10.0 Å². The summed E-state index contributed by atoms with van der Waals surface area (Å²) in [5, 5.41) is 4.08. The Bertz CT molecular complexity index is 797. The van der Waals surface area contributed by atoms with Crippen LogP contribution in [-0.4, -0.2) is 46.0 Å². The van der Waals surface area contributed by atoms with E-state index in [1.807, 2.05) is 26.1 Å². The summed E-state index contributed by atoms with van der Waals surface area (Å²) in [5.74, 6) is -1.78. The Morgan fingerprint density at radius 1 is 1.11 bits per heavy atom. The molecule has 0 spiro atoms. The molecule has 0 heterocycles. The molecule has 3 N–H and O–H groups in total. The standard InChI is InChI=1S/C17H25N3O6S/c1-11(15(22)26-10-14(21)19-16(23)18-5)20-27(24,25)13-8-6-12(7-9-13)17(2,3)4/h6-9,11,20H,10H2,1-5H3,(H2,18,19,21,23)/t11-/m0/s1. The van der Waals surface area contributed by atoms with Crippen LogP contribution >= 0.6 is 0 Å². The summed E-state index contributed by atoms with van der Waals surface area (Å²) in [7, 11) is -2.62. The van der Waals surface area contributed by atoms with Gasteiger partial charge in [-0.05, 0) is 30.0 Å². The smallest absolute Gasteiger partial charge is 0.324 e. The van der Waals surface area contributed by atoms with Crippen LogP contribution in [0.5, 0.6) is 0 Å². The molecular formula is C17H25N3O6S. The first-order chi connectivity index (χ1) is 12.4. The van der Waals surface area contributed by atoms with Gasteiger partial charge >= 0.3 is 12.0 Å². The number of carbonyl (C=O) groups excluding carboxylic acids is 3. The van der Waals surface area contributed by atoms with Crippen LogP contribution < -0.4 is 15.4 Å². The molecule has 0 saturated carbocycles. The van der Waals surface area contributed by atoms with Gasteiger partial charge in [-0.15, -0.1) is 0 Å². The van der Waals surface area contributed by atoms with Gasteiger partial charge < -0.3 is 10.1 Å². The lowest BCUT2D eigenvalue weighted by Gasteiger charge is -2.19. The molecule has 0 saturated heterocycles. The molecule has 0 aliphatic heterocycles. The highest BCUT2D eigenvalue weighted by Gasteiger charge is 2.24. The Kier molecular flexibility index (Phi) is 7.49. The first-order valence-corrected chi connectivity index (χ1v) is 9.66. The van der Waals surface area contributed by atoms with Crippen LogP contribution in [0.15, 0.2) is 29.2 Å². The molecule has 1 rings (SSSR count). The van der Waals surface area contributed by atoms with Crippen molar-refractivity contribution >= 4 is 27.9 Å². The minimum absolute atomic E-state index is 0.00695. The molecule has 9 nitrogen and oxygen atoms in total. The summed E-state index contributed by atoms with van der Waals surface area (Å²) in [6.07, 6.45) is 0. The second-order valence-corrected chi connectivity index (χ2v) is 8.57. The van der Waals surface area contributed by atoms with Crippen LogP contribution in [0.2, 0.25) is 0 Å². The number of rotatable bonds is 6. The second-order valence-electron chi connectivity index (χ2n) is 6.85. The first-order valence-electron chi connectivity index (χ1n) is 8.18. The lowest BCUT2D eigenvalue weighted by atomic mass is 9.87. The van der Waals surface area contributed by atoms with E-state index in [2.05, 4.69) is 10.0 Å². The van der Waals surface area contributed by atoms with E-state index >= 15 is 0 Å². The molecule has 1 atom stereocenters. The topological polar surface area (TPSA) is 131 Å². The largest absolute Gasteiger partial charge is 0.454 e. The number of nitrogens with one attached hydrogen (secondary N) is 3. The molecule has 1 aromatic rings. The highest BCUT2D eigenvalue weighted by Crippen LogP contribution is 2.23. The molecule has 0 aliphatic carbocycles. The third-order valence-electron chi connectivity index (χ3n) is 3.54. The first kappa shape index (κ1) is 22.6. The molecule has 0 radical (unpaired) electrons. The number of hydrogen-bond donors (Lipinski definition) is 3. The number of hydrogen-bond acceptors (Lipinski definition) is 6. The Balaban J connectivity index is 2.68. The molecule has 150 valence electrons. The van der Waals surface area contributed by atoms with E-state index in [9.17, 15) is 22.8 Å². The van der Waals surface area contributed by atoms with E-state index in [0.29, 0.717) is 0 Å². The monoisotopic (exact) mass is 399 g/mol. The Hall–Kier alpha value is -2.46. The molecular weight excluding hydrogens is 374 g/mol.